The molecule has 0 bridgehead atoms. The van der Waals surface area contributed by atoms with E-state index in [-0.39, 0.29) is 5.91 Å². The average Bonchev–Trinajstić information content (AvgIpc) is 3.21. The van der Waals surface area contributed by atoms with Crippen molar-refractivity contribution in [2.24, 2.45) is 7.05 Å². The van der Waals surface area contributed by atoms with Gasteiger partial charge in [-0.05, 0) is 12.5 Å². The van der Waals surface area contributed by atoms with Crippen LogP contribution in [0.5, 0.6) is 0 Å². The highest BCUT2D eigenvalue weighted by Crippen LogP contribution is 2.34. The number of aryl methyl sites for hydroxylation is 1. The maximum atomic E-state index is 13.8. The van der Waals surface area contributed by atoms with Gasteiger partial charge in [-0.2, -0.15) is 5.10 Å². The molecule has 0 unspecified atom stereocenters. The third kappa shape index (κ3) is 3.10. The topological polar surface area (TPSA) is 75.9 Å². The summed E-state index contributed by atoms with van der Waals surface area (Å²) in [5.41, 5.74) is 3.20. The number of hydrogen-bond acceptors (Lipinski definition) is 5. The van der Waals surface area contributed by atoms with E-state index in [0.717, 1.165) is 22.3 Å². The summed E-state index contributed by atoms with van der Waals surface area (Å²) < 4.78 is 15.5. The van der Waals surface area contributed by atoms with E-state index in [4.69, 9.17) is 4.98 Å². The average molecular weight is 354 g/mol. The molecule has 0 radical (unpaired) electrons. The van der Waals surface area contributed by atoms with E-state index < -0.39 is 6.17 Å². The Bertz CT molecular complexity index is 985. The fraction of sp³-hybridized carbons (Fsp3) is 0.333. The summed E-state index contributed by atoms with van der Waals surface area (Å²) in [5.74, 6) is 0.263. The van der Waals surface area contributed by atoms with Crippen molar-refractivity contribution in [2.75, 3.05) is 23.3 Å². The molecule has 134 valence electrons. The molecule has 0 aromatic carbocycles. The van der Waals surface area contributed by atoms with Gasteiger partial charge in [0.05, 0.1) is 23.1 Å². The largest absolute Gasteiger partial charge is 0.367 e. The van der Waals surface area contributed by atoms with Crippen LogP contribution in [0.2, 0.25) is 0 Å². The first-order chi connectivity index (χ1) is 12.5. The number of fused-ring (bicyclic) bond motifs is 1. The van der Waals surface area contributed by atoms with Crippen LogP contribution in [0.4, 0.5) is 15.9 Å². The number of pyridine rings is 2. The summed E-state index contributed by atoms with van der Waals surface area (Å²) in [7, 11) is 1.84. The number of nitrogens with one attached hydrogen (secondary N) is 1. The lowest BCUT2D eigenvalue weighted by Crippen LogP contribution is -2.21. The van der Waals surface area contributed by atoms with Gasteiger partial charge in [0.2, 0.25) is 5.91 Å². The minimum Gasteiger partial charge on any atom is -0.367 e. The first kappa shape index (κ1) is 16.4. The normalized spacial score (nSPS) is 17.0. The van der Waals surface area contributed by atoms with Crippen LogP contribution in [-0.4, -0.2) is 44.9 Å². The number of amides is 1. The lowest BCUT2D eigenvalue weighted by atomic mass is 10.1. The number of alkyl halides is 1. The fourth-order valence-electron chi connectivity index (χ4n) is 3.24. The number of nitrogens with zero attached hydrogens (tertiary/aromatic N) is 5. The number of anilines is 2. The second-order valence-corrected chi connectivity index (χ2v) is 6.53. The smallest absolute Gasteiger partial charge is 0.222 e. The van der Waals surface area contributed by atoms with Crippen molar-refractivity contribution in [1.29, 1.82) is 0 Å². The molecule has 1 aliphatic heterocycles. The van der Waals surface area contributed by atoms with Gasteiger partial charge in [0.15, 0.2) is 0 Å². The number of halogens is 1. The van der Waals surface area contributed by atoms with E-state index in [1.807, 2.05) is 24.2 Å². The Labute approximate surface area is 149 Å². The first-order valence-electron chi connectivity index (χ1n) is 8.46. The highest BCUT2D eigenvalue weighted by atomic mass is 19.1. The first-order valence-corrected chi connectivity index (χ1v) is 8.46. The van der Waals surface area contributed by atoms with Crippen LogP contribution in [0.1, 0.15) is 13.3 Å². The van der Waals surface area contributed by atoms with Gasteiger partial charge in [-0.1, -0.05) is 0 Å². The lowest BCUT2D eigenvalue weighted by molar-refractivity contribution is -0.114. The lowest BCUT2D eigenvalue weighted by Gasteiger charge is -2.21. The van der Waals surface area contributed by atoms with Crippen LogP contribution in [0.3, 0.4) is 0 Å². The molecule has 1 N–H and O–H groups in total. The third-order valence-electron chi connectivity index (χ3n) is 4.43. The molecule has 4 heterocycles. The summed E-state index contributed by atoms with van der Waals surface area (Å²) >= 11 is 0. The SMILES string of the molecule is CC(=O)Nc1cc2nc(-c3cnn(C)c3)c(N3CC[C@@H](F)C3)cc2cn1. The summed E-state index contributed by atoms with van der Waals surface area (Å²) in [6.07, 6.45) is 5.00. The predicted octanol–water partition coefficient (Wildman–Crippen LogP) is 2.54. The van der Waals surface area contributed by atoms with Gasteiger partial charge < -0.3 is 10.2 Å². The van der Waals surface area contributed by atoms with Gasteiger partial charge in [0, 0.05) is 56.5 Å². The molecular weight excluding hydrogens is 335 g/mol. The molecule has 1 amide bonds. The van der Waals surface area contributed by atoms with E-state index in [1.165, 1.54) is 6.92 Å². The van der Waals surface area contributed by atoms with E-state index in [2.05, 4.69) is 15.4 Å². The Morgan fingerprint density at radius 1 is 1.35 bits per heavy atom. The van der Waals surface area contributed by atoms with Crippen molar-refractivity contribution in [2.45, 2.75) is 19.5 Å². The maximum absolute atomic E-state index is 13.8. The van der Waals surface area contributed by atoms with Crippen molar-refractivity contribution in [3.63, 3.8) is 0 Å². The Hall–Kier alpha value is -3.03. The molecule has 7 nitrogen and oxygen atoms in total. The monoisotopic (exact) mass is 354 g/mol. The zero-order valence-corrected chi connectivity index (χ0v) is 14.6. The Morgan fingerprint density at radius 2 is 2.19 bits per heavy atom. The van der Waals surface area contributed by atoms with Crippen molar-refractivity contribution >= 4 is 28.3 Å². The second kappa shape index (κ2) is 6.36. The summed E-state index contributed by atoms with van der Waals surface area (Å²) in [4.78, 5) is 22.3. The fourth-order valence-corrected chi connectivity index (χ4v) is 3.24. The molecule has 0 aliphatic carbocycles. The molecule has 1 fully saturated rings. The van der Waals surface area contributed by atoms with Crippen molar-refractivity contribution in [3.8, 4) is 11.3 Å². The standard InChI is InChI=1S/C18H19FN6O/c1-11(26)22-17-6-15-12(7-20-17)5-16(25-4-3-14(19)10-25)18(23-15)13-8-21-24(2)9-13/h5-9,14H,3-4,10H2,1-2H3,(H,20,22,26)/t14-/m1/s1. The molecule has 0 spiro atoms. The van der Waals surface area contributed by atoms with Crippen molar-refractivity contribution < 1.29 is 9.18 Å². The number of carbonyl (C=O) groups is 1. The molecule has 1 atom stereocenters. The van der Waals surface area contributed by atoms with Gasteiger partial charge in [-0.15, -0.1) is 0 Å². The molecule has 4 rings (SSSR count). The van der Waals surface area contributed by atoms with Gasteiger partial charge >= 0.3 is 0 Å². The van der Waals surface area contributed by atoms with Crippen LogP contribution in [0.25, 0.3) is 22.2 Å². The van der Waals surface area contributed by atoms with Crippen LogP contribution in [0, 0.1) is 0 Å². The van der Waals surface area contributed by atoms with Gasteiger partial charge in [0.1, 0.15) is 12.0 Å². The van der Waals surface area contributed by atoms with E-state index in [1.54, 1.807) is 23.1 Å². The van der Waals surface area contributed by atoms with Crippen LogP contribution >= 0.6 is 0 Å². The van der Waals surface area contributed by atoms with Crippen LogP contribution < -0.4 is 10.2 Å². The maximum Gasteiger partial charge on any atom is 0.222 e. The molecule has 3 aromatic rings. The summed E-state index contributed by atoms with van der Waals surface area (Å²) in [5, 5.41) is 7.73. The number of carbonyl (C=O) groups excluding carboxylic acids is 1. The van der Waals surface area contributed by atoms with Gasteiger partial charge in [-0.25, -0.2) is 14.4 Å². The Morgan fingerprint density at radius 3 is 2.85 bits per heavy atom. The third-order valence-corrected chi connectivity index (χ3v) is 4.43. The van der Waals surface area contributed by atoms with Crippen LogP contribution in [-0.2, 0) is 11.8 Å². The molecule has 1 saturated heterocycles. The summed E-state index contributed by atoms with van der Waals surface area (Å²) in [6.45, 7) is 2.45. The van der Waals surface area contributed by atoms with E-state index in [0.29, 0.717) is 30.8 Å². The molecule has 26 heavy (non-hydrogen) atoms. The number of hydrogen-bond donors (Lipinski definition) is 1. The molecular formula is C18H19FN6O. The zero-order chi connectivity index (χ0) is 18.3. The molecule has 0 saturated carbocycles. The quantitative estimate of drug-likeness (QED) is 0.782. The second-order valence-electron chi connectivity index (χ2n) is 6.53. The molecule has 1 aliphatic rings. The van der Waals surface area contributed by atoms with Gasteiger partial charge in [0.25, 0.3) is 0 Å². The molecule has 8 heteroatoms. The Kier molecular flexibility index (Phi) is 4.02. The number of aromatic nitrogens is 4. The van der Waals surface area contributed by atoms with Gasteiger partial charge in [-0.3, -0.25) is 9.48 Å². The molecule has 3 aromatic heterocycles. The minimum absolute atomic E-state index is 0.188. The predicted molar refractivity (Wildman–Crippen MR) is 97.8 cm³/mol. The van der Waals surface area contributed by atoms with Crippen molar-refractivity contribution in [3.05, 3.63) is 30.7 Å². The highest BCUT2D eigenvalue weighted by Gasteiger charge is 2.25. The minimum atomic E-state index is -0.826. The highest BCUT2D eigenvalue weighted by molar-refractivity contribution is 5.93. The summed E-state index contributed by atoms with van der Waals surface area (Å²) in [6, 6.07) is 3.72. The van der Waals surface area contributed by atoms with E-state index >= 15 is 0 Å². The van der Waals surface area contributed by atoms with Crippen LogP contribution in [0.15, 0.2) is 30.7 Å². The van der Waals surface area contributed by atoms with E-state index in [9.17, 15) is 9.18 Å². The Balaban J connectivity index is 1.86. The number of rotatable bonds is 3. The van der Waals surface area contributed by atoms with Crippen molar-refractivity contribution in [1.82, 2.24) is 19.7 Å². The zero-order valence-electron chi connectivity index (χ0n) is 14.6.